The molecular weight excluding hydrogens is 202 g/mol. The lowest BCUT2D eigenvalue weighted by molar-refractivity contribution is 0.138. The summed E-state index contributed by atoms with van der Waals surface area (Å²) in [4.78, 5) is 6.24. The van der Waals surface area contributed by atoms with Crippen molar-refractivity contribution in [3.8, 4) is 5.88 Å². The van der Waals surface area contributed by atoms with Crippen LogP contribution < -0.4 is 10.5 Å². The molecule has 0 aliphatic rings. The minimum Gasteiger partial charge on any atom is -0.476 e. The van der Waals surface area contributed by atoms with E-state index in [4.69, 9.17) is 10.5 Å². The average Bonchev–Trinajstić information content (AvgIpc) is 2.14. The van der Waals surface area contributed by atoms with Crippen LogP contribution in [0.15, 0.2) is 18.3 Å². The van der Waals surface area contributed by atoms with Crippen LogP contribution in [0.3, 0.4) is 0 Å². The zero-order chi connectivity index (χ0) is 12.2. The molecule has 0 atom stereocenters. The van der Waals surface area contributed by atoms with Crippen molar-refractivity contribution >= 4 is 5.69 Å². The maximum atomic E-state index is 5.75. The molecule has 4 nitrogen and oxygen atoms in total. The second-order valence-electron chi connectivity index (χ2n) is 5.09. The third kappa shape index (κ3) is 4.06. The number of ether oxygens (including phenoxy) is 1. The van der Waals surface area contributed by atoms with Crippen molar-refractivity contribution in [2.75, 3.05) is 33.0 Å². The summed E-state index contributed by atoms with van der Waals surface area (Å²) < 4.78 is 5.64. The Kier molecular flexibility index (Phi) is 4.12. The summed E-state index contributed by atoms with van der Waals surface area (Å²) in [6, 6.07) is 3.59. The molecule has 0 amide bonds. The first-order valence-corrected chi connectivity index (χ1v) is 5.39. The van der Waals surface area contributed by atoms with E-state index in [-0.39, 0.29) is 5.41 Å². The fourth-order valence-electron chi connectivity index (χ4n) is 1.69. The van der Waals surface area contributed by atoms with Crippen molar-refractivity contribution in [1.82, 2.24) is 9.88 Å². The number of aromatic nitrogens is 1. The molecule has 2 N–H and O–H groups in total. The molecule has 4 heteroatoms. The van der Waals surface area contributed by atoms with Crippen molar-refractivity contribution in [1.29, 1.82) is 0 Å². The van der Waals surface area contributed by atoms with Crippen LogP contribution in [0.1, 0.15) is 13.8 Å². The normalized spacial score (nSPS) is 11.8. The van der Waals surface area contributed by atoms with E-state index in [1.54, 1.807) is 18.3 Å². The van der Waals surface area contributed by atoms with Gasteiger partial charge in [0.25, 0.3) is 0 Å². The molecule has 1 heterocycles. The summed E-state index contributed by atoms with van der Waals surface area (Å²) in [5.74, 6) is 0.523. The molecule has 0 radical (unpaired) electrons. The molecule has 0 fully saturated rings. The zero-order valence-electron chi connectivity index (χ0n) is 10.5. The predicted molar refractivity (Wildman–Crippen MR) is 66.5 cm³/mol. The number of hydrogen-bond donors (Lipinski definition) is 1. The number of nitrogen functional groups attached to an aromatic ring is 1. The number of anilines is 1. The summed E-state index contributed by atoms with van der Waals surface area (Å²) in [5, 5.41) is 0. The van der Waals surface area contributed by atoms with Gasteiger partial charge in [-0.15, -0.1) is 0 Å². The molecule has 0 aromatic carbocycles. The summed E-state index contributed by atoms with van der Waals surface area (Å²) in [6.07, 6.45) is 1.69. The van der Waals surface area contributed by atoms with Gasteiger partial charge in [-0.1, -0.05) is 13.8 Å². The van der Waals surface area contributed by atoms with Gasteiger partial charge in [0, 0.05) is 18.2 Å². The predicted octanol–water partition coefficient (Wildman–Crippen LogP) is 1.63. The highest BCUT2D eigenvalue weighted by molar-refractivity contribution is 5.46. The van der Waals surface area contributed by atoms with Gasteiger partial charge in [-0.05, 0) is 26.2 Å². The molecule has 0 bridgehead atoms. The van der Waals surface area contributed by atoms with Crippen molar-refractivity contribution in [2.45, 2.75) is 13.8 Å². The highest BCUT2D eigenvalue weighted by Gasteiger charge is 2.20. The summed E-state index contributed by atoms with van der Waals surface area (Å²) in [5.41, 5.74) is 6.42. The maximum absolute atomic E-state index is 5.75. The van der Waals surface area contributed by atoms with Crippen LogP contribution in [0.5, 0.6) is 5.88 Å². The lowest BCUT2D eigenvalue weighted by Gasteiger charge is -2.27. The van der Waals surface area contributed by atoms with Gasteiger partial charge in [0.1, 0.15) is 0 Å². The van der Waals surface area contributed by atoms with E-state index in [9.17, 15) is 0 Å². The highest BCUT2D eigenvalue weighted by atomic mass is 16.5. The molecule has 0 unspecified atom stereocenters. The summed E-state index contributed by atoms with van der Waals surface area (Å²) >= 11 is 0. The van der Waals surface area contributed by atoms with Crippen LogP contribution in [-0.2, 0) is 0 Å². The average molecular weight is 223 g/mol. The molecule has 0 saturated heterocycles. The Bertz CT molecular complexity index is 337. The van der Waals surface area contributed by atoms with Gasteiger partial charge in [0.05, 0.1) is 12.3 Å². The Labute approximate surface area is 97.4 Å². The Morgan fingerprint density at radius 3 is 2.69 bits per heavy atom. The molecule has 0 aliphatic carbocycles. The summed E-state index contributed by atoms with van der Waals surface area (Å²) in [7, 11) is 4.10. The van der Waals surface area contributed by atoms with Crippen LogP contribution in [0, 0.1) is 5.41 Å². The van der Waals surface area contributed by atoms with E-state index in [1.807, 2.05) is 0 Å². The second kappa shape index (κ2) is 5.16. The Hall–Kier alpha value is -1.29. The van der Waals surface area contributed by atoms with Gasteiger partial charge in [0.15, 0.2) is 0 Å². The number of nitrogens with two attached hydrogens (primary N) is 1. The minimum absolute atomic E-state index is 0.0768. The van der Waals surface area contributed by atoms with Crippen molar-refractivity contribution in [3.63, 3.8) is 0 Å². The van der Waals surface area contributed by atoms with Gasteiger partial charge in [-0.25, -0.2) is 4.98 Å². The largest absolute Gasteiger partial charge is 0.476 e. The van der Waals surface area contributed by atoms with Gasteiger partial charge in [0.2, 0.25) is 5.88 Å². The Morgan fingerprint density at radius 2 is 2.12 bits per heavy atom. The molecule has 1 aromatic rings. The molecular formula is C12H21N3O. The first-order valence-electron chi connectivity index (χ1n) is 5.39. The smallest absolute Gasteiger partial charge is 0.237 e. The SMILES string of the molecule is CN(C)CC(C)(C)COc1ncccc1N. The first-order chi connectivity index (χ1) is 7.41. The topological polar surface area (TPSA) is 51.4 Å². The lowest BCUT2D eigenvalue weighted by Crippen LogP contribution is -2.33. The second-order valence-corrected chi connectivity index (χ2v) is 5.09. The van der Waals surface area contributed by atoms with E-state index in [0.717, 1.165) is 6.54 Å². The van der Waals surface area contributed by atoms with Crippen LogP contribution in [0.25, 0.3) is 0 Å². The van der Waals surface area contributed by atoms with Crippen LogP contribution in [0.4, 0.5) is 5.69 Å². The Balaban J connectivity index is 2.54. The molecule has 90 valence electrons. The van der Waals surface area contributed by atoms with Crippen LogP contribution in [0.2, 0.25) is 0 Å². The van der Waals surface area contributed by atoms with Crippen LogP contribution in [-0.4, -0.2) is 37.1 Å². The van der Waals surface area contributed by atoms with Gasteiger partial charge < -0.3 is 15.4 Å². The van der Waals surface area contributed by atoms with Gasteiger partial charge in [-0.3, -0.25) is 0 Å². The molecule has 0 aliphatic heterocycles. The van der Waals surface area contributed by atoms with Crippen molar-refractivity contribution < 1.29 is 4.74 Å². The van der Waals surface area contributed by atoms with Crippen molar-refractivity contribution in [2.24, 2.45) is 5.41 Å². The highest BCUT2D eigenvalue weighted by Crippen LogP contribution is 2.21. The summed E-state index contributed by atoms with van der Waals surface area (Å²) in [6.45, 7) is 5.88. The number of hydrogen-bond acceptors (Lipinski definition) is 4. The maximum Gasteiger partial charge on any atom is 0.237 e. The zero-order valence-corrected chi connectivity index (χ0v) is 10.5. The van der Waals surface area contributed by atoms with Gasteiger partial charge in [-0.2, -0.15) is 0 Å². The number of rotatable bonds is 5. The third-order valence-electron chi connectivity index (χ3n) is 2.14. The number of nitrogens with zero attached hydrogens (tertiary/aromatic N) is 2. The van der Waals surface area contributed by atoms with E-state index in [1.165, 1.54) is 0 Å². The fraction of sp³-hybridized carbons (Fsp3) is 0.583. The van der Waals surface area contributed by atoms with Crippen molar-refractivity contribution in [3.05, 3.63) is 18.3 Å². The number of pyridine rings is 1. The first kappa shape index (κ1) is 12.8. The standard InChI is InChI=1S/C12H21N3O/c1-12(2,8-15(3)4)9-16-11-10(13)6-5-7-14-11/h5-7H,8-9,13H2,1-4H3. The van der Waals surface area contributed by atoms with E-state index in [0.29, 0.717) is 18.2 Å². The van der Waals surface area contributed by atoms with Gasteiger partial charge >= 0.3 is 0 Å². The molecule has 0 spiro atoms. The van der Waals surface area contributed by atoms with E-state index >= 15 is 0 Å². The monoisotopic (exact) mass is 223 g/mol. The Morgan fingerprint density at radius 1 is 1.44 bits per heavy atom. The van der Waals surface area contributed by atoms with E-state index < -0.39 is 0 Å². The molecule has 1 rings (SSSR count). The molecule has 0 saturated carbocycles. The molecule has 1 aromatic heterocycles. The lowest BCUT2D eigenvalue weighted by atomic mass is 9.94. The molecule has 16 heavy (non-hydrogen) atoms. The third-order valence-corrected chi connectivity index (χ3v) is 2.14. The quantitative estimate of drug-likeness (QED) is 0.824. The van der Waals surface area contributed by atoms with Crippen LogP contribution >= 0.6 is 0 Å². The fourth-order valence-corrected chi connectivity index (χ4v) is 1.69. The van der Waals surface area contributed by atoms with E-state index in [2.05, 4.69) is 37.8 Å². The minimum atomic E-state index is 0.0768.